The van der Waals surface area contributed by atoms with E-state index in [1.54, 1.807) is 6.26 Å². The molecule has 6 heteroatoms. The highest BCUT2D eigenvalue weighted by atomic mass is 127. The molecule has 1 aliphatic rings. The Morgan fingerprint density at radius 3 is 2.86 bits per heavy atom. The first-order valence-electron chi connectivity index (χ1n) is 10.0. The first-order valence-corrected chi connectivity index (χ1v) is 10.0. The van der Waals surface area contributed by atoms with Gasteiger partial charge in [0.15, 0.2) is 5.96 Å². The van der Waals surface area contributed by atoms with E-state index in [2.05, 4.69) is 40.5 Å². The molecule has 154 valence electrons. The van der Waals surface area contributed by atoms with Crippen LogP contribution in [0.1, 0.15) is 37.0 Å². The van der Waals surface area contributed by atoms with Crippen LogP contribution >= 0.6 is 24.0 Å². The van der Waals surface area contributed by atoms with Gasteiger partial charge in [0, 0.05) is 51.7 Å². The lowest BCUT2D eigenvalue weighted by molar-refractivity contribution is 0.146. The molecule has 1 atom stereocenters. The van der Waals surface area contributed by atoms with E-state index in [1.165, 1.54) is 12.0 Å². The van der Waals surface area contributed by atoms with Crippen LogP contribution < -0.4 is 5.32 Å². The van der Waals surface area contributed by atoms with E-state index in [1.807, 2.05) is 19.1 Å². The second-order valence-electron chi connectivity index (χ2n) is 6.85. The van der Waals surface area contributed by atoms with E-state index in [4.69, 9.17) is 14.1 Å². The van der Waals surface area contributed by atoms with Crippen molar-refractivity contribution in [3.8, 4) is 0 Å². The van der Waals surface area contributed by atoms with Gasteiger partial charge in [-0.2, -0.15) is 0 Å². The van der Waals surface area contributed by atoms with Gasteiger partial charge in [-0.3, -0.25) is 4.99 Å². The fourth-order valence-electron chi connectivity index (χ4n) is 3.47. The van der Waals surface area contributed by atoms with Gasteiger partial charge in [0.05, 0.1) is 6.26 Å². The number of hydrogen-bond donors (Lipinski definition) is 1. The van der Waals surface area contributed by atoms with Crippen molar-refractivity contribution in [3.05, 3.63) is 60.1 Å². The number of hydrogen-bond acceptors (Lipinski definition) is 3. The van der Waals surface area contributed by atoms with E-state index in [0.29, 0.717) is 5.92 Å². The Labute approximate surface area is 185 Å². The minimum atomic E-state index is 0. The minimum Gasteiger partial charge on any atom is -0.469 e. The molecule has 1 aromatic heterocycles. The SMILES string of the molecule is CCOCCCN=C(NCCc1ccco1)N1CCC(c2ccccc2)C1.I. The molecule has 1 saturated heterocycles. The maximum absolute atomic E-state index is 5.43. The van der Waals surface area contributed by atoms with Crippen LogP contribution in [0.4, 0.5) is 0 Å². The van der Waals surface area contributed by atoms with Crippen molar-refractivity contribution in [2.45, 2.75) is 32.1 Å². The highest BCUT2D eigenvalue weighted by Gasteiger charge is 2.25. The van der Waals surface area contributed by atoms with Crippen molar-refractivity contribution in [2.24, 2.45) is 4.99 Å². The number of ether oxygens (including phenoxy) is 1. The fraction of sp³-hybridized carbons (Fsp3) is 0.500. The molecule has 5 nitrogen and oxygen atoms in total. The van der Waals surface area contributed by atoms with E-state index in [0.717, 1.165) is 64.0 Å². The predicted octanol–water partition coefficient (Wildman–Crippen LogP) is 4.30. The number of likely N-dealkylation sites (tertiary alicyclic amines) is 1. The Morgan fingerprint density at radius 2 is 2.11 bits per heavy atom. The molecule has 3 rings (SSSR count). The Bertz CT molecular complexity index is 676. The van der Waals surface area contributed by atoms with Gasteiger partial charge < -0.3 is 19.4 Å². The monoisotopic (exact) mass is 497 g/mol. The summed E-state index contributed by atoms with van der Waals surface area (Å²) in [4.78, 5) is 7.23. The first kappa shape index (κ1) is 22.7. The van der Waals surface area contributed by atoms with Crippen LogP contribution in [0.3, 0.4) is 0 Å². The lowest BCUT2D eigenvalue weighted by atomic mass is 9.99. The third-order valence-corrected chi connectivity index (χ3v) is 4.91. The molecule has 1 aromatic carbocycles. The molecule has 28 heavy (non-hydrogen) atoms. The second-order valence-corrected chi connectivity index (χ2v) is 6.85. The number of rotatable bonds is 9. The molecular weight excluding hydrogens is 465 g/mol. The van der Waals surface area contributed by atoms with Crippen molar-refractivity contribution in [1.82, 2.24) is 10.2 Å². The van der Waals surface area contributed by atoms with Crippen molar-refractivity contribution >= 4 is 29.9 Å². The van der Waals surface area contributed by atoms with Crippen molar-refractivity contribution in [1.29, 1.82) is 0 Å². The number of benzene rings is 1. The Morgan fingerprint density at radius 1 is 1.25 bits per heavy atom. The topological polar surface area (TPSA) is 50.0 Å². The zero-order chi connectivity index (χ0) is 18.7. The Hall–Kier alpha value is -1.54. The summed E-state index contributed by atoms with van der Waals surface area (Å²) in [6, 6.07) is 14.8. The van der Waals surface area contributed by atoms with Gasteiger partial charge in [-0.15, -0.1) is 24.0 Å². The zero-order valence-electron chi connectivity index (χ0n) is 16.7. The number of guanidine groups is 1. The molecule has 1 aliphatic heterocycles. The second kappa shape index (κ2) is 12.8. The minimum absolute atomic E-state index is 0. The van der Waals surface area contributed by atoms with Gasteiger partial charge in [-0.1, -0.05) is 30.3 Å². The van der Waals surface area contributed by atoms with E-state index >= 15 is 0 Å². The Kier molecular flexibility index (Phi) is 10.4. The number of furan rings is 1. The molecule has 0 bridgehead atoms. The van der Waals surface area contributed by atoms with Gasteiger partial charge in [0.2, 0.25) is 0 Å². The molecule has 1 N–H and O–H groups in total. The summed E-state index contributed by atoms with van der Waals surface area (Å²) in [6.45, 7) is 7.23. The summed E-state index contributed by atoms with van der Waals surface area (Å²) in [6.07, 6.45) is 4.71. The summed E-state index contributed by atoms with van der Waals surface area (Å²) in [5.41, 5.74) is 1.42. The average Bonchev–Trinajstić information content (AvgIpc) is 3.39. The van der Waals surface area contributed by atoms with Crippen LogP contribution in [0.25, 0.3) is 0 Å². The quantitative estimate of drug-likeness (QED) is 0.243. The van der Waals surface area contributed by atoms with Gasteiger partial charge in [0.25, 0.3) is 0 Å². The van der Waals surface area contributed by atoms with Crippen LogP contribution in [0.15, 0.2) is 58.1 Å². The molecule has 0 aliphatic carbocycles. The van der Waals surface area contributed by atoms with Crippen molar-refractivity contribution in [3.63, 3.8) is 0 Å². The number of halogens is 1. The molecule has 1 fully saturated rings. The van der Waals surface area contributed by atoms with E-state index in [9.17, 15) is 0 Å². The summed E-state index contributed by atoms with van der Waals surface area (Å²) in [5, 5.41) is 3.54. The third kappa shape index (κ3) is 7.13. The highest BCUT2D eigenvalue weighted by Crippen LogP contribution is 2.26. The summed E-state index contributed by atoms with van der Waals surface area (Å²) < 4.78 is 10.9. The van der Waals surface area contributed by atoms with Crippen molar-refractivity contribution < 1.29 is 9.15 Å². The summed E-state index contributed by atoms with van der Waals surface area (Å²) in [5.74, 6) is 2.59. The molecule has 0 spiro atoms. The first-order chi connectivity index (χ1) is 13.4. The molecular formula is C22H32IN3O2. The lowest BCUT2D eigenvalue weighted by Gasteiger charge is -2.22. The van der Waals surface area contributed by atoms with Crippen molar-refractivity contribution in [2.75, 3.05) is 39.4 Å². The van der Waals surface area contributed by atoms with Crippen LogP contribution in [-0.4, -0.2) is 50.3 Å². The van der Waals surface area contributed by atoms with E-state index < -0.39 is 0 Å². The molecule has 2 aromatic rings. The largest absolute Gasteiger partial charge is 0.469 e. The van der Waals surface area contributed by atoms with Gasteiger partial charge >= 0.3 is 0 Å². The van der Waals surface area contributed by atoms with Crippen LogP contribution in [-0.2, 0) is 11.2 Å². The number of nitrogens with zero attached hydrogens (tertiary/aromatic N) is 2. The van der Waals surface area contributed by atoms with Gasteiger partial charge in [0.1, 0.15) is 5.76 Å². The highest BCUT2D eigenvalue weighted by molar-refractivity contribution is 14.0. The van der Waals surface area contributed by atoms with E-state index in [-0.39, 0.29) is 24.0 Å². The summed E-state index contributed by atoms with van der Waals surface area (Å²) in [7, 11) is 0. The van der Waals surface area contributed by atoms with Gasteiger partial charge in [-0.05, 0) is 37.5 Å². The molecule has 0 saturated carbocycles. The maximum Gasteiger partial charge on any atom is 0.193 e. The smallest absolute Gasteiger partial charge is 0.193 e. The normalized spacial score (nSPS) is 16.8. The third-order valence-electron chi connectivity index (χ3n) is 4.91. The fourth-order valence-corrected chi connectivity index (χ4v) is 3.47. The predicted molar refractivity (Wildman–Crippen MR) is 125 cm³/mol. The molecule has 0 radical (unpaired) electrons. The molecule has 1 unspecified atom stereocenters. The van der Waals surface area contributed by atoms with Crippen LogP contribution in [0, 0.1) is 0 Å². The molecule has 2 heterocycles. The standard InChI is InChI=1S/C22H31N3O2.HI/c1-2-26-16-7-13-23-22(24-14-11-21-10-6-17-27-21)25-15-12-20(18-25)19-8-4-3-5-9-19;/h3-6,8-10,17,20H,2,7,11-16,18H2,1H3,(H,23,24);1H. The molecule has 0 amide bonds. The Balaban J connectivity index is 0.00000280. The van der Waals surface area contributed by atoms with Gasteiger partial charge in [-0.25, -0.2) is 0 Å². The zero-order valence-corrected chi connectivity index (χ0v) is 19.0. The number of aliphatic imine (C=N–C) groups is 1. The van der Waals surface area contributed by atoms with Crippen LogP contribution in [0.5, 0.6) is 0 Å². The number of nitrogens with one attached hydrogen (secondary N) is 1. The average molecular weight is 497 g/mol. The summed E-state index contributed by atoms with van der Waals surface area (Å²) >= 11 is 0. The van der Waals surface area contributed by atoms with Crippen LogP contribution in [0.2, 0.25) is 0 Å². The maximum atomic E-state index is 5.43. The lowest BCUT2D eigenvalue weighted by Crippen LogP contribution is -2.41.